The topological polar surface area (TPSA) is 67.6 Å². The summed E-state index contributed by atoms with van der Waals surface area (Å²) < 4.78 is 10.8. The van der Waals surface area contributed by atoms with Gasteiger partial charge in [0.2, 0.25) is 0 Å². The number of nitrogens with zero attached hydrogens (tertiary/aromatic N) is 2. The molecule has 2 amide bonds. The van der Waals surface area contributed by atoms with Crippen LogP contribution in [0.1, 0.15) is 55.7 Å². The van der Waals surface area contributed by atoms with Crippen LogP contribution in [-0.2, 0) is 0 Å². The molecule has 1 aromatic heterocycles. The van der Waals surface area contributed by atoms with Crippen molar-refractivity contribution in [3.8, 4) is 5.75 Å². The van der Waals surface area contributed by atoms with Crippen molar-refractivity contribution in [3.05, 3.63) is 41.3 Å². The highest BCUT2D eigenvalue weighted by atomic mass is 16.5. The van der Waals surface area contributed by atoms with Gasteiger partial charge in [-0.1, -0.05) is 25.1 Å². The molecular formula is C19H25N3O3. The predicted molar refractivity (Wildman–Crippen MR) is 96.0 cm³/mol. The molecule has 1 aliphatic rings. The molecule has 0 spiro atoms. The highest BCUT2D eigenvalue weighted by molar-refractivity contribution is 5.91. The fraction of sp³-hybridized carbons (Fsp3) is 0.474. The van der Waals surface area contributed by atoms with E-state index in [2.05, 4.69) is 24.3 Å². The molecule has 1 atom stereocenters. The second kappa shape index (κ2) is 7.17. The number of likely N-dealkylation sites (tertiary alicyclic amines) is 1. The molecule has 134 valence electrons. The van der Waals surface area contributed by atoms with Gasteiger partial charge in [-0.25, -0.2) is 4.79 Å². The van der Waals surface area contributed by atoms with Crippen LogP contribution in [0, 0.1) is 6.92 Å². The first-order valence-electron chi connectivity index (χ1n) is 8.68. The van der Waals surface area contributed by atoms with Crippen LogP contribution in [0.3, 0.4) is 0 Å². The summed E-state index contributed by atoms with van der Waals surface area (Å²) in [6.45, 7) is 6.81. The van der Waals surface area contributed by atoms with Crippen LogP contribution < -0.4 is 10.1 Å². The maximum Gasteiger partial charge on any atom is 0.322 e. The minimum absolute atomic E-state index is 0.0490. The summed E-state index contributed by atoms with van der Waals surface area (Å²) in [6, 6.07) is 7.50. The number of methoxy groups -OCH3 is 1. The number of urea groups is 1. The lowest BCUT2D eigenvalue weighted by Crippen LogP contribution is -2.34. The lowest BCUT2D eigenvalue weighted by molar-refractivity contribution is 0.204. The number of ether oxygens (including phenoxy) is 1. The van der Waals surface area contributed by atoms with E-state index in [-0.39, 0.29) is 18.0 Å². The molecular weight excluding hydrogens is 318 g/mol. The van der Waals surface area contributed by atoms with Crippen molar-refractivity contribution in [2.24, 2.45) is 0 Å². The summed E-state index contributed by atoms with van der Waals surface area (Å²) in [7, 11) is 1.60. The van der Waals surface area contributed by atoms with Gasteiger partial charge in [-0.05, 0) is 37.5 Å². The maximum absolute atomic E-state index is 12.8. The average molecular weight is 343 g/mol. The Morgan fingerprint density at radius 1 is 1.40 bits per heavy atom. The van der Waals surface area contributed by atoms with Gasteiger partial charge in [-0.15, -0.1) is 0 Å². The van der Waals surface area contributed by atoms with E-state index in [1.165, 1.54) is 0 Å². The van der Waals surface area contributed by atoms with Gasteiger partial charge in [0.15, 0.2) is 0 Å². The zero-order valence-corrected chi connectivity index (χ0v) is 15.2. The summed E-state index contributed by atoms with van der Waals surface area (Å²) in [4.78, 5) is 14.6. The van der Waals surface area contributed by atoms with Crippen molar-refractivity contribution >= 4 is 11.7 Å². The van der Waals surface area contributed by atoms with E-state index in [0.29, 0.717) is 18.0 Å². The van der Waals surface area contributed by atoms with Gasteiger partial charge < -0.3 is 19.5 Å². The van der Waals surface area contributed by atoms with Crippen LogP contribution in [0.2, 0.25) is 0 Å². The number of hydrogen-bond acceptors (Lipinski definition) is 4. The number of aromatic nitrogens is 1. The van der Waals surface area contributed by atoms with E-state index < -0.39 is 0 Å². The molecule has 1 saturated heterocycles. The van der Waals surface area contributed by atoms with Crippen molar-refractivity contribution in [2.75, 3.05) is 19.0 Å². The Balaban J connectivity index is 1.78. The summed E-state index contributed by atoms with van der Waals surface area (Å²) in [6.07, 6.45) is 1.84. The van der Waals surface area contributed by atoms with Gasteiger partial charge in [0.1, 0.15) is 17.2 Å². The lowest BCUT2D eigenvalue weighted by Gasteiger charge is -2.24. The number of carbonyl (C=O) groups excluding carboxylic acids is 1. The van der Waals surface area contributed by atoms with Gasteiger partial charge in [0.05, 0.1) is 18.8 Å². The van der Waals surface area contributed by atoms with Gasteiger partial charge in [0, 0.05) is 18.5 Å². The molecule has 1 aromatic carbocycles. The van der Waals surface area contributed by atoms with E-state index >= 15 is 0 Å². The number of anilines is 1. The quantitative estimate of drug-likeness (QED) is 0.888. The first-order valence-corrected chi connectivity index (χ1v) is 8.68. The van der Waals surface area contributed by atoms with Gasteiger partial charge in [0.25, 0.3) is 0 Å². The van der Waals surface area contributed by atoms with Crippen molar-refractivity contribution in [2.45, 2.75) is 45.6 Å². The first-order chi connectivity index (χ1) is 12.0. The number of carbonyl (C=O) groups is 1. The minimum Gasteiger partial charge on any atom is -0.495 e. The third-order valence-electron chi connectivity index (χ3n) is 4.57. The van der Waals surface area contributed by atoms with Crippen molar-refractivity contribution < 1.29 is 14.1 Å². The van der Waals surface area contributed by atoms with Crippen LogP contribution in [0.25, 0.3) is 0 Å². The maximum atomic E-state index is 12.8. The molecule has 2 aromatic rings. The van der Waals surface area contributed by atoms with Crippen molar-refractivity contribution in [3.63, 3.8) is 0 Å². The number of amides is 2. The van der Waals surface area contributed by atoms with E-state index in [1.54, 1.807) is 7.11 Å². The monoisotopic (exact) mass is 343 g/mol. The molecule has 0 unspecified atom stereocenters. The fourth-order valence-electron chi connectivity index (χ4n) is 3.16. The lowest BCUT2D eigenvalue weighted by atomic mass is 10.1. The number of aryl methyl sites for hydroxylation is 1. The third-order valence-corrected chi connectivity index (χ3v) is 4.57. The molecule has 0 aliphatic carbocycles. The minimum atomic E-state index is -0.138. The molecule has 1 aliphatic heterocycles. The number of rotatable bonds is 4. The molecule has 0 radical (unpaired) electrons. The van der Waals surface area contributed by atoms with Crippen LogP contribution in [0.15, 0.2) is 28.8 Å². The molecule has 3 rings (SSSR count). The molecule has 25 heavy (non-hydrogen) atoms. The second-order valence-corrected chi connectivity index (χ2v) is 6.79. The molecule has 1 N–H and O–H groups in total. The van der Waals surface area contributed by atoms with Crippen LogP contribution in [-0.4, -0.2) is 29.7 Å². The van der Waals surface area contributed by atoms with E-state index in [9.17, 15) is 4.79 Å². The smallest absolute Gasteiger partial charge is 0.322 e. The summed E-state index contributed by atoms with van der Waals surface area (Å²) in [5, 5.41) is 7.16. The van der Waals surface area contributed by atoms with E-state index in [1.807, 2.05) is 36.1 Å². The summed E-state index contributed by atoms with van der Waals surface area (Å²) in [5.41, 5.74) is 2.57. The third kappa shape index (κ3) is 3.62. The molecule has 0 bridgehead atoms. The Morgan fingerprint density at radius 3 is 2.88 bits per heavy atom. The SMILES string of the molecule is COc1ccc(C)cc1NC(=O)N1CCC[C@H]1c1cc(C(C)C)on1. The molecule has 6 nitrogen and oxygen atoms in total. The van der Waals surface area contributed by atoms with Crippen molar-refractivity contribution in [1.29, 1.82) is 0 Å². The molecule has 1 fully saturated rings. The van der Waals surface area contributed by atoms with Gasteiger partial charge in [-0.3, -0.25) is 0 Å². The van der Waals surface area contributed by atoms with Crippen LogP contribution in [0.5, 0.6) is 5.75 Å². The van der Waals surface area contributed by atoms with Crippen molar-refractivity contribution in [1.82, 2.24) is 10.1 Å². The number of nitrogens with one attached hydrogen (secondary N) is 1. The standard InChI is InChI=1S/C19H25N3O3/c1-12(2)18-11-14(21-25-18)16-6-5-9-22(16)19(23)20-15-10-13(3)7-8-17(15)24-4/h7-8,10-12,16H,5-6,9H2,1-4H3,(H,20,23)/t16-/m0/s1. The Labute approximate surface area is 148 Å². The Kier molecular flexibility index (Phi) is 4.97. The second-order valence-electron chi connectivity index (χ2n) is 6.79. The van der Waals surface area contributed by atoms with E-state index in [0.717, 1.165) is 29.9 Å². The van der Waals surface area contributed by atoms with Crippen LogP contribution in [0.4, 0.5) is 10.5 Å². The van der Waals surface area contributed by atoms with E-state index in [4.69, 9.17) is 9.26 Å². The van der Waals surface area contributed by atoms with Crippen LogP contribution >= 0.6 is 0 Å². The average Bonchev–Trinajstić information content (AvgIpc) is 3.24. The molecule has 0 saturated carbocycles. The summed E-state index contributed by atoms with van der Waals surface area (Å²) >= 11 is 0. The fourth-order valence-corrected chi connectivity index (χ4v) is 3.16. The highest BCUT2D eigenvalue weighted by Gasteiger charge is 2.32. The Bertz CT molecular complexity index is 754. The molecule has 2 heterocycles. The highest BCUT2D eigenvalue weighted by Crippen LogP contribution is 2.34. The van der Waals surface area contributed by atoms with Gasteiger partial charge in [-0.2, -0.15) is 0 Å². The number of hydrogen-bond donors (Lipinski definition) is 1. The predicted octanol–water partition coefficient (Wildman–Crippen LogP) is 4.48. The largest absolute Gasteiger partial charge is 0.495 e. The first kappa shape index (κ1) is 17.3. The van der Waals surface area contributed by atoms with Gasteiger partial charge >= 0.3 is 6.03 Å². The molecule has 6 heteroatoms. The Morgan fingerprint density at radius 2 is 2.20 bits per heavy atom. The normalized spacial score (nSPS) is 17.2. The Hall–Kier alpha value is -2.50. The zero-order valence-electron chi connectivity index (χ0n) is 15.2. The summed E-state index contributed by atoms with van der Waals surface area (Å²) in [5.74, 6) is 1.78. The number of benzene rings is 1. The zero-order chi connectivity index (χ0) is 18.0.